The quantitative estimate of drug-likeness (QED) is 0.128. The zero-order valence-electron chi connectivity index (χ0n) is 16.3. The highest BCUT2D eigenvalue weighted by Crippen LogP contribution is 2.37. The summed E-state index contributed by atoms with van der Waals surface area (Å²) in [4.78, 5) is 22.5. The smallest absolute Gasteiger partial charge is 0.342 e. The number of hydrogen-bond donors (Lipinski definition) is 1. The number of aldehydes is 1. The van der Waals surface area contributed by atoms with E-state index >= 15 is 0 Å². The predicted octanol–water partition coefficient (Wildman–Crippen LogP) is 4.62. The Bertz CT molecular complexity index is 697. The molecule has 154 valence electrons. The lowest BCUT2D eigenvalue weighted by Gasteiger charge is -2.15. The first-order valence-electron chi connectivity index (χ1n) is 9.24. The standard InChI is InChI=1S/C21H27ClO6/c1-3-16-19(17(24)14-18(20(16)22)28-15-26-4-2)21(25)27-13-11-9-7-5-6-8-10-12-23/h7-10,12,14,24H,3-6,11,13,15H2,1-2H3/b9-7+,10-8+. The second-order valence-corrected chi connectivity index (χ2v) is 6.09. The first-order chi connectivity index (χ1) is 13.6. The molecule has 1 aromatic rings. The van der Waals surface area contributed by atoms with Crippen molar-refractivity contribution in [1.82, 2.24) is 0 Å². The number of allylic oxidation sites excluding steroid dienone is 3. The van der Waals surface area contributed by atoms with Crippen LogP contribution in [0.4, 0.5) is 0 Å². The number of ether oxygens (including phenoxy) is 3. The third-order valence-corrected chi connectivity index (χ3v) is 4.18. The molecule has 0 bridgehead atoms. The zero-order chi connectivity index (χ0) is 20.8. The van der Waals surface area contributed by atoms with Gasteiger partial charge in [-0.2, -0.15) is 0 Å². The van der Waals surface area contributed by atoms with Gasteiger partial charge in [0, 0.05) is 12.7 Å². The van der Waals surface area contributed by atoms with Crippen molar-refractivity contribution >= 4 is 23.9 Å². The van der Waals surface area contributed by atoms with E-state index in [1.807, 2.05) is 26.0 Å². The maximum Gasteiger partial charge on any atom is 0.342 e. The molecule has 0 aromatic heterocycles. The maximum atomic E-state index is 12.4. The van der Waals surface area contributed by atoms with Crippen LogP contribution in [0.3, 0.4) is 0 Å². The van der Waals surface area contributed by atoms with E-state index < -0.39 is 5.97 Å². The van der Waals surface area contributed by atoms with Crippen molar-refractivity contribution in [2.24, 2.45) is 0 Å². The van der Waals surface area contributed by atoms with Crippen LogP contribution < -0.4 is 4.74 Å². The molecule has 0 saturated carbocycles. The molecule has 0 heterocycles. The summed E-state index contributed by atoms with van der Waals surface area (Å²) in [5.41, 5.74) is 0.523. The van der Waals surface area contributed by atoms with Gasteiger partial charge < -0.3 is 19.3 Å². The molecule has 0 radical (unpaired) electrons. The molecule has 0 aliphatic heterocycles. The number of hydrogen-bond acceptors (Lipinski definition) is 6. The van der Waals surface area contributed by atoms with Gasteiger partial charge in [-0.3, -0.25) is 4.79 Å². The lowest BCUT2D eigenvalue weighted by Crippen LogP contribution is -2.11. The number of unbranched alkanes of at least 4 members (excludes halogenated alkanes) is 1. The summed E-state index contributed by atoms with van der Waals surface area (Å²) < 4.78 is 15.8. The van der Waals surface area contributed by atoms with E-state index in [2.05, 4.69) is 0 Å². The minimum atomic E-state index is -0.630. The van der Waals surface area contributed by atoms with Crippen LogP contribution in [0.5, 0.6) is 11.5 Å². The molecule has 7 heteroatoms. The molecule has 0 unspecified atom stereocenters. The van der Waals surface area contributed by atoms with E-state index in [1.165, 1.54) is 12.1 Å². The number of carbonyl (C=O) groups is 2. The Morgan fingerprint density at radius 1 is 1.18 bits per heavy atom. The van der Waals surface area contributed by atoms with E-state index in [-0.39, 0.29) is 35.5 Å². The molecule has 1 aromatic carbocycles. The number of rotatable bonds is 13. The van der Waals surface area contributed by atoms with Gasteiger partial charge in [0.25, 0.3) is 0 Å². The molecule has 0 spiro atoms. The molecule has 0 aliphatic carbocycles. The fraction of sp³-hybridized carbons (Fsp3) is 0.429. The fourth-order valence-electron chi connectivity index (χ4n) is 2.40. The predicted molar refractivity (Wildman–Crippen MR) is 108 cm³/mol. The Labute approximate surface area is 170 Å². The van der Waals surface area contributed by atoms with Gasteiger partial charge in [-0.1, -0.05) is 36.8 Å². The molecular formula is C21H27ClO6. The van der Waals surface area contributed by atoms with E-state index in [0.29, 0.717) is 25.0 Å². The second kappa shape index (κ2) is 13.8. The van der Waals surface area contributed by atoms with Crippen molar-refractivity contribution in [3.63, 3.8) is 0 Å². The number of benzene rings is 1. The monoisotopic (exact) mass is 410 g/mol. The maximum absolute atomic E-state index is 12.4. The van der Waals surface area contributed by atoms with Gasteiger partial charge in [0.1, 0.15) is 23.3 Å². The molecule has 28 heavy (non-hydrogen) atoms. The topological polar surface area (TPSA) is 82.1 Å². The molecule has 1 N–H and O–H groups in total. The number of phenols is 1. The minimum absolute atomic E-state index is 0.000121. The van der Waals surface area contributed by atoms with Crippen molar-refractivity contribution in [3.8, 4) is 11.5 Å². The third-order valence-electron chi connectivity index (χ3n) is 3.77. The first-order valence-corrected chi connectivity index (χ1v) is 9.61. The highest BCUT2D eigenvalue weighted by molar-refractivity contribution is 6.33. The number of esters is 1. The van der Waals surface area contributed by atoms with Crippen LogP contribution in [0.15, 0.2) is 30.4 Å². The van der Waals surface area contributed by atoms with E-state index in [9.17, 15) is 14.7 Å². The molecule has 0 saturated heterocycles. The second-order valence-electron chi connectivity index (χ2n) is 5.71. The van der Waals surface area contributed by atoms with Gasteiger partial charge in [-0.25, -0.2) is 4.79 Å². The lowest BCUT2D eigenvalue weighted by molar-refractivity contribution is -0.104. The highest BCUT2D eigenvalue weighted by atomic mass is 35.5. The van der Waals surface area contributed by atoms with Gasteiger partial charge >= 0.3 is 5.97 Å². The van der Waals surface area contributed by atoms with Crippen molar-refractivity contribution in [1.29, 1.82) is 0 Å². The van der Waals surface area contributed by atoms with Crippen LogP contribution in [-0.4, -0.2) is 37.4 Å². The average Bonchev–Trinajstić information content (AvgIpc) is 2.68. The lowest BCUT2D eigenvalue weighted by atomic mass is 10.0. The molecule has 0 aliphatic rings. The van der Waals surface area contributed by atoms with Crippen LogP contribution in [-0.2, 0) is 20.7 Å². The fourth-order valence-corrected chi connectivity index (χ4v) is 2.74. The summed E-state index contributed by atoms with van der Waals surface area (Å²) in [5.74, 6) is -0.613. The number of aromatic hydroxyl groups is 1. The van der Waals surface area contributed by atoms with Crippen molar-refractivity contribution in [3.05, 3.63) is 46.5 Å². The van der Waals surface area contributed by atoms with Gasteiger partial charge in [0.2, 0.25) is 0 Å². The van der Waals surface area contributed by atoms with Crippen LogP contribution in [0, 0.1) is 0 Å². The Morgan fingerprint density at radius 3 is 2.57 bits per heavy atom. The normalized spacial score (nSPS) is 11.2. The van der Waals surface area contributed by atoms with Crippen molar-refractivity contribution < 1.29 is 28.9 Å². The molecule has 0 amide bonds. The van der Waals surface area contributed by atoms with E-state index in [0.717, 1.165) is 19.1 Å². The summed E-state index contributed by atoms with van der Waals surface area (Å²) in [5, 5.41) is 10.5. The summed E-state index contributed by atoms with van der Waals surface area (Å²) in [6.07, 6.45) is 10.4. The Hall–Kier alpha value is -2.31. The van der Waals surface area contributed by atoms with Crippen molar-refractivity contribution in [2.45, 2.75) is 39.5 Å². The van der Waals surface area contributed by atoms with E-state index in [1.54, 1.807) is 6.08 Å². The zero-order valence-corrected chi connectivity index (χ0v) is 17.0. The van der Waals surface area contributed by atoms with Crippen LogP contribution in [0.1, 0.15) is 49.0 Å². The third kappa shape index (κ3) is 7.74. The van der Waals surface area contributed by atoms with Gasteiger partial charge in [-0.15, -0.1) is 0 Å². The van der Waals surface area contributed by atoms with Crippen LogP contribution in [0.2, 0.25) is 5.02 Å². The largest absolute Gasteiger partial charge is 0.507 e. The summed E-state index contributed by atoms with van der Waals surface area (Å²) in [6.45, 7) is 4.32. The summed E-state index contributed by atoms with van der Waals surface area (Å²) in [6, 6.07) is 1.30. The van der Waals surface area contributed by atoms with Crippen LogP contribution in [0.25, 0.3) is 0 Å². The Kier molecular flexibility index (Phi) is 11.7. The Balaban J connectivity index is 2.66. The molecule has 0 fully saturated rings. The molecule has 1 rings (SSSR count). The van der Waals surface area contributed by atoms with E-state index in [4.69, 9.17) is 25.8 Å². The minimum Gasteiger partial charge on any atom is -0.507 e. The number of phenolic OH excluding ortho intramolecular Hbond substituents is 1. The van der Waals surface area contributed by atoms with Gasteiger partial charge in [0.15, 0.2) is 6.79 Å². The summed E-state index contributed by atoms with van der Waals surface area (Å²) in [7, 11) is 0. The van der Waals surface area contributed by atoms with Crippen LogP contribution >= 0.6 is 11.6 Å². The van der Waals surface area contributed by atoms with Crippen molar-refractivity contribution in [2.75, 3.05) is 20.0 Å². The first kappa shape index (κ1) is 23.7. The SMILES string of the molecule is CCOCOc1cc(O)c(C(=O)OCC/C=C/CC/C=C/C=O)c(CC)c1Cl. The Morgan fingerprint density at radius 2 is 1.89 bits per heavy atom. The molecule has 0 atom stereocenters. The highest BCUT2D eigenvalue weighted by Gasteiger charge is 2.23. The van der Waals surface area contributed by atoms with Gasteiger partial charge in [-0.05, 0) is 44.2 Å². The number of carbonyl (C=O) groups excluding carboxylic acids is 2. The van der Waals surface area contributed by atoms with Gasteiger partial charge in [0.05, 0.1) is 11.6 Å². The summed E-state index contributed by atoms with van der Waals surface area (Å²) >= 11 is 6.33. The number of halogens is 1. The average molecular weight is 411 g/mol. The molecular weight excluding hydrogens is 384 g/mol. The molecule has 6 nitrogen and oxygen atoms in total.